The molecule has 1 aromatic heterocycles. The van der Waals surface area contributed by atoms with Gasteiger partial charge in [0.1, 0.15) is 0 Å². The third-order valence-electron chi connectivity index (χ3n) is 5.32. The molecule has 21 heavy (non-hydrogen) atoms. The molecule has 0 radical (unpaired) electrons. The van der Waals surface area contributed by atoms with Crippen LogP contribution in [0, 0.1) is 6.92 Å². The fourth-order valence-corrected chi connectivity index (χ4v) is 4.29. The topological polar surface area (TPSA) is 42.2 Å². The number of aryl methyl sites for hydroxylation is 1. The molecule has 2 saturated heterocycles. The Bertz CT molecular complexity index is 624. The van der Waals surface area contributed by atoms with Crippen molar-refractivity contribution in [2.45, 2.75) is 50.1 Å². The van der Waals surface area contributed by atoms with Gasteiger partial charge in [-0.15, -0.1) is 0 Å². The first-order valence-corrected chi connectivity index (χ1v) is 7.81. The Balaban J connectivity index is 1.77. The molecule has 4 rings (SSSR count). The number of rotatable bonds is 2. The van der Waals surface area contributed by atoms with Gasteiger partial charge in [-0.05, 0) is 44.7 Å². The van der Waals surface area contributed by atoms with Crippen LogP contribution in [-0.4, -0.2) is 34.2 Å². The van der Waals surface area contributed by atoms with Gasteiger partial charge in [0.25, 0.3) is 0 Å². The second-order valence-electron chi connectivity index (χ2n) is 6.42. The van der Waals surface area contributed by atoms with Crippen molar-refractivity contribution in [1.29, 1.82) is 0 Å². The van der Waals surface area contributed by atoms with E-state index in [2.05, 4.69) is 52.4 Å². The maximum Gasteiger partial charge on any atom is 0.231 e. The molecule has 2 aliphatic rings. The van der Waals surface area contributed by atoms with Crippen molar-refractivity contribution in [3.05, 3.63) is 47.6 Å². The summed E-state index contributed by atoms with van der Waals surface area (Å²) >= 11 is 0. The predicted octanol–water partition coefficient (Wildman–Crippen LogP) is 3.11. The van der Waals surface area contributed by atoms with Gasteiger partial charge in [-0.25, -0.2) is 0 Å². The molecule has 2 fully saturated rings. The zero-order chi connectivity index (χ0) is 14.4. The quantitative estimate of drug-likeness (QED) is 0.849. The number of hydrogen-bond acceptors (Lipinski definition) is 4. The van der Waals surface area contributed by atoms with Gasteiger partial charge in [0, 0.05) is 12.1 Å². The fourth-order valence-electron chi connectivity index (χ4n) is 4.29. The van der Waals surface area contributed by atoms with Gasteiger partial charge in [0.15, 0.2) is 5.82 Å². The summed E-state index contributed by atoms with van der Waals surface area (Å²) in [5, 5.41) is 4.02. The Kier molecular flexibility index (Phi) is 3.07. The monoisotopic (exact) mass is 283 g/mol. The van der Waals surface area contributed by atoms with Gasteiger partial charge in [0.2, 0.25) is 5.89 Å². The van der Waals surface area contributed by atoms with E-state index >= 15 is 0 Å². The number of likely N-dealkylation sites (N-methyl/N-ethyl adjacent to an activating group) is 1. The Morgan fingerprint density at radius 1 is 1.19 bits per heavy atom. The van der Waals surface area contributed by atoms with Crippen molar-refractivity contribution in [2.24, 2.45) is 0 Å². The Hall–Kier alpha value is -1.68. The summed E-state index contributed by atoms with van der Waals surface area (Å²) in [6, 6.07) is 12.0. The lowest BCUT2D eigenvalue weighted by Crippen LogP contribution is -2.44. The first kappa shape index (κ1) is 13.0. The normalized spacial score (nSPS) is 32.5. The van der Waals surface area contributed by atoms with Crippen LogP contribution >= 0.6 is 0 Å². The lowest BCUT2D eigenvalue weighted by atomic mass is 9.76. The van der Waals surface area contributed by atoms with Crippen molar-refractivity contribution in [2.75, 3.05) is 7.05 Å². The molecule has 2 aliphatic heterocycles. The third-order valence-corrected chi connectivity index (χ3v) is 5.32. The molecule has 0 saturated carbocycles. The van der Waals surface area contributed by atoms with E-state index in [1.807, 2.05) is 6.92 Å². The Morgan fingerprint density at radius 2 is 2.00 bits per heavy atom. The summed E-state index contributed by atoms with van der Waals surface area (Å²) in [5.41, 5.74) is 1.41. The number of aromatic nitrogens is 2. The summed E-state index contributed by atoms with van der Waals surface area (Å²) in [6.07, 6.45) is 3.70. The molecule has 4 heteroatoms. The minimum atomic E-state index is 0.317. The first-order chi connectivity index (χ1) is 10.2. The van der Waals surface area contributed by atoms with Crippen LogP contribution in [0.4, 0.5) is 0 Å². The average molecular weight is 283 g/mol. The maximum atomic E-state index is 5.57. The predicted molar refractivity (Wildman–Crippen MR) is 80.1 cm³/mol. The molecule has 0 aliphatic carbocycles. The molecule has 0 spiro atoms. The lowest BCUT2D eigenvalue weighted by Gasteiger charge is -2.41. The fraction of sp³-hybridized carbons (Fsp3) is 0.529. The van der Waals surface area contributed by atoms with E-state index in [0.717, 1.165) is 11.7 Å². The smallest absolute Gasteiger partial charge is 0.231 e. The molecule has 4 atom stereocenters. The van der Waals surface area contributed by atoms with Crippen molar-refractivity contribution in [1.82, 2.24) is 15.0 Å². The zero-order valence-corrected chi connectivity index (χ0v) is 12.6. The SMILES string of the molecule is Cc1noc(C2C3CC[C@H](C[C@H]2c2ccccc2)N3C)n1. The van der Waals surface area contributed by atoms with Gasteiger partial charge in [-0.3, -0.25) is 4.90 Å². The highest BCUT2D eigenvalue weighted by Gasteiger charge is 2.48. The summed E-state index contributed by atoms with van der Waals surface area (Å²) in [7, 11) is 2.25. The summed E-state index contributed by atoms with van der Waals surface area (Å²) < 4.78 is 5.57. The van der Waals surface area contributed by atoms with Crippen molar-refractivity contribution in [3.63, 3.8) is 0 Å². The van der Waals surface area contributed by atoms with Crippen LogP contribution in [0.25, 0.3) is 0 Å². The molecule has 1 aromatic carbocycles. The van der Waals surface area contributed by atoms with Gasteiger partial charge in [-0.1, -0.05) is 35.5 Å². The highest BCUT2D eigenvalue weighted by atomic mass is 16.5. The van der Waals surface area contributed by atoms with Crippen LogP contribution in [0.3, 0.4) is 0 Å². The zero-order valence-electron chi connectivity index (χ0n) is 12.6. The molecule has 2 unspecified atom stereocenters. The molecule has 110 valence electrons. The van der Waals surface area contributed by atoms with E-state index in [-0.39, 0.29) is 0 Å². The molecular weight excluding hydrogens is 262 g/mol. The van der Waals surface area contributed by atoms with E-state index in [0.29, 0.717) is 23.9 Å². The number of fused-ring (bicyclic) bond motifs is 2. The number of hydrogen-bond donors (Lipinski definition) is 0. The number of nitrogens with zero attached hydrogens (tertiary/aromatic N) is 3. The molecule has 0 N–H and O–H groups in total. The van der Waals surface area contributed by atoms with Crippen LogP contribution in [0.2, 0.25) is 0 Å². The highest BCUT2D eigenvalue weighted by molar-refractivity contribution is 5.27. The summed E-state index contributed by atoms with van der Waals surface area (Å²) in [5.74, 6) is 2.36. The van der Waals surface area contributed by atoms with Crippen molar-refractivity contribution in [3.8, 4) is 0 Å². The number of piperidine rings is 1. The van der Waals surface area contributed by atoms with Crippen molar-refractivity contribution < 1.29 is 4.52 Å². The third kappa shape index (κ3) is 2.09. The average Bonchev–Trinajstić information content (AvgIpc) is 3.01. The molecule has 3 heterocycles. The van der Waals surface area contributed by atoms with E-state index < -0.39 is 0 Å². The summed E-state index contributed by atoms with van der Waals surface area (Å²) in [6.45, 7) is 1.90. The van der Waals surface area contributed by atoms with E-state index in [1.54, 1.807) is 0 Å². The summed E-state index contributed by atoms with van der Waals surface area (Å²) in [4.78, 5) is 7.09. The van der Waals surface area contributed by atoms with Crippen LogP contribution in [-0.2, 0) is 0 Å². The standard InChI is InChI=1S/C17H21N3O/c1-11-18-17(21-19-11)16-14(12-6-4-3-5-7-12)10-13-8-9-15(16)20(13)2/h3-7,13-16H,8-10H2,1-2H3/t13-,14+,15?,16?/m1/s1. The molecule has 2 bridgehead atoms. The second-order valence-corrected chi connectivity index (χ2v) is 6.42. The number of benzene rings is 1. The van der Waals surface area contributed by atoms with E-state index in [9.17, 15) is 0 Å². The van der Waals surface area contributed by atoms with Gasteiger partial charge >= 0.3 is 0 Å². The molecule has 2 aromatic rings. The minimum Gasteiger partial charge on any atom is -0.339 e. The molecule has 0 amide bonds. The van der Waals surface area contributed by atoms with Crippen molar-refractivity contribution >= 4 is 0 Å². The van der Waals surface area contributed by atoms with Gasteiger partial charge in [0.05, 0.1) is 5.92 Å². The maximum absolute atomic E-state index is 5.57. The Morgan fingerprint density at radius 3 is 2.71 bits per heavy atom. The van der Waals surface area contributed by atoms with Gasteiger partial charge in [-0.2, -0.15) is 4.98 Å². The van der Waals surface area contributed by atoms with Crippen LogP contribution < -0.4 is 0 Å². The van der Waals surface area contributed by atoms with Crippen LogP contribution in [0.1, 0.15) is 48.4 Å². The Labute approximate surface area is 125 Å². The molecule has 4 nitrogen and oxygen atoms in total. The first-order valence-electron chi connectivity index (χ1n) is 7.81. The lowest BCUT2D eigenvalue weighted by molar-refractivity contribution is 0.120. The highest BCUT2D eigenvalue weighted by Crippen LogP contribution is 2.50. The largest absolute Gasteiger partial charge is 0.339 e. The second kappa shape index (κ2) is 4.95. The van der Waals surface area contributed by atoms with Crippen LogP contribution in [0.15, 0.2) is 34.9 Å². The molecular formula is C17H21N3O. The minimum absolute atomic E-state index is 0.317. The van der Waals surface area contributed by atoms with Crippen LogP contribution in [0.5, 0.6) is 0 Å². The van der Waals surface area contributed by atoms with Gasteiger partial charge < -0.3 is 4.52 Å². The van der Waals surface area contributed by atoms with E-state index in [1.165, 1.54) is 24.8 Å². The van der Waals surface area contributed by atoms with E-state index in [4.69, 9.17) is 4.52 Å².